The minimum Gasteiger partial charge on any atom is -0.497 e. The second-order valence-corrected chi connectivity index (χ2v) is 13.3. The van der Waals surface area contributed by atoms with Gasteiger partial charge in [-0.25, -0.2) is 8.42 Å². The van der Waals surface area contributed by atoms with E-state index in [9.17, 15) is 17.8 Å². The maximum atomic E-state index is 14.8. The minimum absolute atomic E-state index is 0.0759. The van der Waals surface area contributed by atoms with Crippen molar-refractivity contribution in [2.75, 3.05) is 20.3 Å². The Morgan fingerprint density at radius 3 is 2.05 bits per heavy atom. The molecule has 1 atom stereocenters. The number of halogens is 1. The van der Waals surface area contributed by atoms with Gasteiger partial charge in [0.2, 0.25) is 15.8 Å². The SMILES string of the molecule is CCCCCOP(=O)(OCCCCC)C1(NS(=O)(=O)c2ccc(OC)cc2)C=C(Cl)C(=O)c2ccccc21. The summed E-state index contributed by atoms with van der Waals surface area (Å²) in [6.45, 7) is 4.20. The zero-order valence-electron chi connectivity index (χ0n) is 21.9. The summed E-state index contributed by atoms with van der Waals surface area (Å²) in [5.74, 6) is -0.0375. The van der Waals surface area contributed by atoms with Crippen LogP contribution in [0.1, 0.15) is 68.3 Å². The molecule has 1 aliphatic carbocycles. The van der Waals surface area contributed by atoms with E-state index in [0.717, 1.165) is 25.7 Å². The number of rotatable bonds is 15. The summed E-state index contributed by atoms with van der Waals surface area (Å²) in [5.41, 5.74) is 0.271. The molecular weight excluding hydrogens is 549 g/mol. The molecule has 8 nitrogen and oxygen atoms in total. The van der Waals surface area contributed by atoms with Gasteiger partial charge in [0.25, 0.3) is 0 Å². The number of nitrogens with one attached hydrogen (secondary N) is 1. The van der Waals surface area contributed by atoms with Gasteiger partial charge in [-0.05, 0) is 43.2 Å². The fourth-order valence-corrected chi connectivity index (χ4v) is 8.51. The van der Waals surface area contributed by atoms with Crippen LogP contribution in [0.4, 0.5) is 0 Å². The van der Waals surface area contributed by atoms with E-state index in [4.69, 9.17) is 25.4 Å². The highest BCUT2D eigenvalue weighted by atomic mass is 35.5. The Bertz CT molecular complexity index is 1280. The summed E-state index contributed by atoms with van der Waals surface area (Å²) in [6, 6.07) is 12.1. The largest absolute Gasteiger partial charge is 0.497 e. The van der Waals surface area contributed by atoms with Gasteiger partial charge < -0.3 is 13.8 Å². The first kappa shape index (κ1) is 30.5. The van der Waals surface area contributed by atoms with Gasteiger partial charge in [0, 0.05) is 11.1 Å². The summed E-state index contributed by atoms with van der Waals surface area (Å²) < 4.78 is 62.1. The standard InChI is InChI=1S/C27H35ClNO7PS/c1-4-6-10-18-35-37(31,36-19-11-7-5-2)27(20-25(28)26(30)23-12-8-9-13-24(23)27)29-38(32,33)22-16-14-21(34-3)15-17-22/h8-9,12-17,20,29H,4-7,10-11,18-19H2,1-3H3. The number of carbonyl (C=O) groups is 1. The number of sulfonamides is 1. The molecule has 1 unspecified atom stereocenters. The third-order valence-electron chi connectivity index (χ3n) is 6.24. The lowest BCUT2D eigenvalue weighted by molar-refractivity contribution is 0.103. The normalized spacial score (nSPS) is 17.7. The smallest absolute Gasteiger partial charge is 0.360 e. The second kappa shape index (κ2) is 13.4. The number of Topliss-reactive ketones (excluding diaryl/α,β-unsaturated/α-hetero) is 1. The topological polar surface area (TPSA) is 108 Å². The van der Waals surface area contributed by atoms with Crippen LogP contribution in [0, 0.1) is 0 Å². The van der Waals surface area contributed by atoms with Crippen molar-refractivity contribution < 1.29 is 31.6 Å². The first-order chi connectivity index (χ1) is 18.1. The van der Waals surface area contributed by atoms with Crippen LogP contribution in [-0.2, 0) is 28.9 Å². The van der Waals surface area contributed by atoms with E-state index in [1.807, 2.05) is 13.8 Å². The molecule has 0 fully saturated rings. The average molecular weight is 584 g/mol. The summed E-state index contributed by atoms with van der Waals surface area (Å²) in [7, 11) is -7.22. The van der Waals surface area contributed by atoms with Crippen LogP contribution in [0.5, 0.6) is 5.75 Å². The number of ether oxygens (including phenoxy) is 1. The first-order valence-electron chi connectivity index (χ1n) is 12.7. The second-order valence-electron chi connectivity index (χ2n) is 8.99. The molecule has 11 heteroatoms. The van der Waals surface area contributed by atoms with Gasteiger partial charge in [0.15, 0.2) is 5.28 Å². The maximum absolute atomic E-state index is 14.8. The summed E-state index contributed by atoms with van der Waals surface area (Å²) >= 11 is 6.40. The zero-order chi connectivity index (χ0) is 27.8. The van der Waals surface area contributed by atoms with Gasteiger partial charge in [-0.1, -0.05) is 75.4 Å². The molecule has 0 aliphatic heterocycles. The lowest BCUT2D eigenvalue weighted by Crippen LogP contribution is -2.47. The van der Waals surface area contributed by atoms with Gasteiger partial charge in [-0.2, -0.15) is 4.72 Å². The Hall–Kier alpha value is -2.00. The van der Waals surface area contributed by atoms with Crippen molar-refractivity contribution in [3.8, 4) is 5.75 Å². The Morgan fingerprint density at radius 1 is 0.921 bits per heavy atom. The van der Waals surface area contributed by atoms with E-state index in [1.54, 1.807) is 18.2 Å². The quantitative estimate of drug-likeness (QED) is 0.182. The van der Waals surface area contributed by atoms with Gasteiger partial charge in [-0.15, -0.1) is 0 Å². The van der Waals surface area contributed by atoms with Crippen molar-refractivity contribution in [2.45, 2.75) is 62.5 Å². The number of benzene rings is 2. The van der Waals surface area contributed by atoms with E-state index in [-0.39, 0.29) is 34.3 Å². The third-order valence-corrected chi connectivity index (χ3v) is 10.6. The van der Waals surface area contributed by atoms with E-state index in [2.05, 4.69) is 4.72 Å². The van der Waals surface area contributed by atoms with Crippen LogP contribution in [0.2, 0.25) is 0 Å². The Labute approximate surface area is 230 Å². The number of hydrogen-bond donors (Lipinski definition) is 1. The summed E-state index contributed by atoms with van der Waals surface area (Å²) in [6.07, 6.45) is 5.82. The van der Waals surface area contributed by atoms with Crippen LogP contribution in [0.3, 0.4) is 0 Å². The molecule has 0 heterocycles. The molecule has 0 amide bonds. The number of allylic oxidation sites excluding steroid dienone is 1. The van der Waals surface area contributed by atoms with Crippen LogP contribution >= 0.6 is 19.2 Å². The fourth-order valence-electron chi connectivity index (χ4n) is 4.17. The lowest BCUT2D eigenvalue weighted by Gasteiger charge is -2.40. The number of unbranched alkanes of at least 4 members (excludes halogenated alkanes) is 4. The Balaban J connectivity index is 2.20. The van der Waals surface area contributed by atoms with Crippen LogP contribution in [0.25, 0.3) is 0 Å². The maximum Gasteiger partial charge on any atom is 0.360 e. The molecule has 2 aromatic rings. The molecule has 0 bridgehead atoms. The van der Waals surface area contributed by atoms with Crippen molar-refractivity contribution in [1.29, 1.82) is 0 Å². The highest BCUT2D eigenvalue weighted by molar-refractivity contribution is 7.90. The van der Waals surface area contributed by atoms with Crippen LogP contribution in [-0.4, -0.2) is 34.5 Å². The number of carbonyl (C=O) groups excluding carboxylic acids is 1. The molecule has 3 rings (SSSR count). The average Bonchev–Trinajstić information content (AvgIpc) is 2.92. The number of hydrogen-bond acceptors (Lipinski definition) is 7. The van der Waals surface area contributed by atoms with Crippen LogP contribution < -0.4 is 9.46 Å². The van der Waals surface area contributed by atoms with Crippen molar-refractivity contribution >= 4 is 35.0 Å². The van der Waals surface area contributed by atoms with E-state index in [0.29, 0.717) is 18.6 Å². The van der Waals surface area contributed by atoms with Gasteiger partial charge in [0.05, 0.1) is 30.3 Å². The highest BCUT2D eigenvalue weighted by Gasteiger charge is 2.57. The van der Waals surface area contributed by atoms with Crippen molar-refractivity contribution in [2.24, 2.45) is 0 Å². The Morgan fingerprint density at radius 2 is 1.50 bits per heavy atom. The van der Waals surface area contributed by atoms with E-state index < -0.39 is 28.7 Å². The molecule has 0 spiro atoms. The predicted octanol–water partition coefficient (Wildman–Crippen LogP) is 6.75. The van der Waals surface area contributed by atoms with Gasteiger partial charge >= 0.3 is 7.60 Å². The minimum atomic E-state index is -4.36. The van der Waals surface area contributed by atoms with Crippen LogP contribution in [0.15, 0.2) is 64.5 Å². The molecule has 1 N–H and O–H groups in total. The molecule has 2 aromatic carbocycles. The molecule has 38 heavy (non-hydrogen) atoms. The first-order valence-corrected chi connectivity index (χ1v) is 16.1. The van der Waals surface area contributed by atoms with Crippen molar-refractivity contribution in [3.05, 3.63) is 70.8 Å². The molecular formula is C27H35ClNO7PS. The monoisotopic (exact) mass is 583 g/mol. The van der Waals surface area contributed by atoms with E-state index in [1.165, 1.54) is 43.5 Å². The third kappa shape index (κ3) is 6.58. The zero-order valence-corrected chi connectivity index (χ0v) is 24.4. The fraction of sp³-hybridized carbons (Fsp3) is 0.444. The molecule has 0 aromatic heterocycles. The Kier molecular flexibility index (Phi) is 10.7. The molecule has 1 aliphatic rings. The van der Waals surface area contributed by atoms with Gasteiger partial charge in [0.1, 0.15) is 5.75 Å². The molecule has 0 saturated carbocycles. The highest BCUT2D eigenvalue weighted by Crippen LogP contribution is 2.67. The number of fused-ring (bicyclic) bond motifs is 1. The van der Waals surface area contributed by atoms with Gasteiger partial charge in [-0.3, -0.25) is 9.36 Å². The number of methoxy groups -OCH3 is 1. The molecule has 0 radical (unpaired) electrons. The predicted molar refractivity (Wildman–Crippen MR) is 148 cm³/mol. The molecule has 208 valence electrons. The summed E-state index contributed by atoms with van der Waals surface area (Å²) in [5, 5.41) is -2.36. The lowest BCUT2D eigenvalue weighted by atomic mass is 9.92. The summed E-state index contributed by atoms with van der Waals surface area (Å²) in [4.78, 5) is 12.9. The molecule has 0 saturated heterocycles. The van der Waals surface area contributed by atoms with E-state index >= 15 is 0 Å². The van der Waals surface area contributed by atoms with Crippen molar-refractivity contribution in [1.82, 2.24) is 4.72 Å². The van der Waals surface area contributed by atoms with Crippen molar-refractivity contribution in [3.63, 3.8) is 0 Å². The number of ketones is 1.